The van der Waals surface area contributed by atoms with Gasteiger partial charge in [-0.1, -0.05) is 0 Å². The third-order valence-corrected chi connectivity index (χ3v) is 1.99. The first-order chi connectivity index (χ1) is 8.08. The molecule has 0 radical (unpaired) electrons. The van der Waals surface area contributed by atoms with Crippen LogP contribution in [0, 0.1) is 0 Å². The summed E-state index contributed by atoms with van der Waals surface area (Å²) in [6.45, 7) is 1.74. The third-order valence-electron chi connectivity index (χ3n) is 1.99. The lowest BCUT2D eigenvalue weighted by Crippen LogP contribution is -2.36. The van der Waals surface area contributed by atoms with E-state index in [0.717, 1.165) is 0 Å². The number of nitrogens with zero attached hydrogens (tertiary/aromatic N) is 2. The van der Waals surface area contributed by atoms with Gasteiger partial charge in [0.15, 0.2) is 0 Å². The number of hydrogen-bond acceptors (Lipinski definition) is 4. The van der Waals surface area contributed by atoms with Gasteiger partial charge in [0.2, 0.25) is 0 Å². The number of rotatable bonds is 5. The number of carboxylic acid groups (broad SMARTS) is 1. The molecule has 1 unspecified atom stereocenters. The van der Waals surface area contributed by atoms with Crippen molar-refractivity contribution in [3.63, 3.8) is 0 Å². The number of anilines is 1. The maximum Gasteiger partial charge on any atom is 0.319 e. The monoisotopic (exact) mass is 238 g/mol. The molecular weight excluding hydrogens is 224 g/mol. The predicted octanol–water partition coefficient (Wildman–Crippen LogP) is 0.851. The Morgan fingerprint density at radius 2 is 2.06 bits per heavy atom. The summed E-state index contributed by atoms with van der Waals surface area (Å²) in [5.74, 6) is -0.879. The Morgan fingerprint density at radius 1 is 1.41 bits per heavy atom. The van der Waals surface area contributed by atoms with E-state index in [2.05, 4.69) is 20.6 Å². The minimum atomic E-state index is -0.879. The fourth-order valence-electron chi connectivity index (χ4n) is 1.17. The first-order valence-electron chi connectivity index (χ1n) is 5.12. The van der Waals surface area contributed by atoms with Crippen LogP contribution in [0.25, 0.3) is 0 Å². The molecule has 0 fully saturated rings. The van der Waals surface area contributed by atoms with Crippen LogP contribution in [0.1, 0.15) is 19.8 Å². The second-order valence-electron chi connectivity index (χ2n) is 3.56. The normalized spacial score (nSPS) is 11.6. The molecule has 92 valence electrons. The van der Waals surface area contributed by atoms with E-state index in [1.807, 2.05) is 0 Å². The molecule has 0 bridgehead atoms. The summed E-state index contributed by atoms with van der Waals surface area (Å²) in [4.78, 5) is 29.3. The number of aliphatic carboxylic acids is 1. The first-order valence-corrected chi connectivity index (χ1v) is 5.12. The molecule has 1 atom stereocenters. The highest BCUT2D eigenvalue weighted by molar-refractivity contribution is 5.89. The third kappa shape index (κ3) is 5.45. The van der Waals surface area contributed by atoms with Gasteiger partial charge in [0, 0.05) is 12.5 Å². The molecule has 0 aliphatic carbocycles. The minimum Gasteiger partial charge on any atom is -0.481 e. The number of carboxylic acids is 1. The molecule has 0 aliphatic heterocycles. The number of hydrogen-bond donors (Lipinski definition) is 3. The van der Waals surface area contributed by atoms with E-state index in [-0.39, 0.29) is 12.5 Å². The summed E-state index contributed by atoms with van der Waals surface area (Å²) in [7, 11) is 0. The van der Waals surface area contributed by atoms with Gasteiger partial charge in [-0.2, -0.15) is 0 Å². The zero-order chi connectivity index (χ0) is 12.7. The zero-order valence-electron chi connectivity index (χ0n) is 9.38. The van der Waals surface area contributed by atoms with Gasteiger partial charge >= 0.3 is 12.0 Å². The van der Waals surface area contributed by atoms with Crippen molar-refractivity contribution in [2.75, 3.05) is 5.32 Å². The topological polar surface area (TPSA) is 104 Å². The summed E-state index contributed by atoms with van der Waals surface area (Å²) in [6, 6.07) is -0.617. The number of amides is 2. The van der Waals surface area contributed by atoms with Crippen molar-refractivity contribution < 1.29 is 14.7 Å². The fourth-order valence-corrected chi connectivity index (χ4v) is 1.17. The SMILES string of the molecule is CC(CCC(=O)O)NC(=O)Nc1cncnc1. The number of carbonyl (C=O) groups is 2. The summed E-state index contributed by atoms with van der Waals surface area (Å²) < 4.78 is 0. The van der Waals surface area contributed by atoms with Gasteiger partial charge in [0.1, 0.15) is 6.33 Å². The van der Waals surface area contributed by atoms with E-state index in [0.29, 0.717) is 12.1 Å². The summed E-state index contributed by atoms with van der Waals surface area (Å²) in [5, 5.41) is 13.6. The zero-order valence-corrected chi connectivity index (χ0v) is 9.38. The predicted molar refractivity (Wildman–Crippen MR) is 60.5 cm³/mol. The van der Waals surface area contributed by atoms with Crippen LogP contribution < -0.4 is 10.6 Å². The van der Waals surface area contributed by atoms with Crippen molar-refractivity contribution in [2.24, 2.45) is 0 Å². The van der Waals surface area contributed by atoms with Gasteiger partial charge in [0.25, 0.3) is 0 Å². The maximum absolute atomic E-state index is 11.4. The fraction of sp³-hybridized carbons (Fsp3) is 0.400. The molecule has 0 aromatic carbocycles. The highest BCUT2D eigenvalue weighted by Gasteiger charge is 2.09. The molecule has 7 nitrogen and oxygen atoms in total. The largest absolute Gasteiger partial charge is 0.481 e. The van der Waals surface area contributed by atoms with Crippen LogP contribution in [0.2, 0.25) is 0 Å². The molecule has 1 heterocycles. The standard InChI is InChI=1S/C10H14N4O3/c1-7(2-3-9(15)16)13-10(17)14-8-4-11-6-12-5-8/h4-7H,2-3H2,1H3,(H,15,16)(H2,13,14,17). The van der Waals surface area contributed by atoms with E-state index in [1.54, 1.807) is 6.92 Å². The molecule has 7 heteroatoms. The molecule has 17 heavy (non-hydrogen) atoms. The van der Waals surface area contributed by atoms with Crippen molar-refractivity contribution in [1.82, 2.24) is 15.3 Å². The first kappa shape index (κ1) is 12.9. The van der Waals surface area contributed by atoms with Crippen LogP contribution in [0.3, 0.4) is 0 Å². The molecule has 0 spiro atoms. The Morgan fingerprint density at radius 3 is 2.65 bits per heavy atom. The Balaban J connectivity index is 2.32. The molecule has 1 aromatic rings. The smallest absolute Gasteiger partial charge is 0.319 e. The van der Waals surface area contributed by atoms with Crippen LogP contribution in [-0.2, 0) is 4.79 Å². The highest BCUT2D eigenvalue weighted by Crippen LogP contribution is 2.01. The van der Waals surface area contributed by atoms with Gasteiger partial charge in [-0.15, -0.1) is 0 Å². The number of nitrogens with one attached hydrogen (secondary N) is 2. The van der Waals surface area contributed by atoms with Crippen molar-refractivity contribution in [3.05, 3.63) is 18.7 Å². The van der Waals surface area contributed by atoms with Gasteiger partial charge in [-0.05, 0) is 13.3 Å². The summed E-state index contributed by atoms with van der Waals surface area (Å²) in [5.41, 5.74) is 0.482. The quantitative estimate of drug-likeness (QED) is 0.705. The number of aromatic nitrogens is 2. The number of urea groups is 1. The Kier molecular flexibility index (Phi) is 4.86. The van der Waals surface area contributed by atoms with Crippen LogP contribution in [0.4, 0.5) is 10.5 Å². The molecule has 0 saturated heterocycles. The van der Waals surface area contributed by atoms with Crippen molar-refractivity contribution >= 4 is 17.7 Å². The van der Waals surface area contributed by atoms with Crippen LogP contribution in [0.5, 0.6) is 0 Å². The Hall–Kier alpha value is -2.18. The molecular formula is C10H14N4O3. The van der Waals surface area contributed by atoms with E-state index in [9.17, 15) is 9.59 Å². The van der Waals surface area contributed by atoms with E-state index in [1.165, 1.54) is 18.7 Å². The minimum absolute atomic E-state index is 0.0237. The highest BCUT2D eigenvalue weighted by atomic mass is 16.4. The van der Waals surface area contributed by atoms with E-state index in [4.69, 9.17) is 5.11 Å². The second-order valence-corrected chi connectivity index (χ2v) is 3.56. The summed E-state index contributed by atoms with van der Waals surface area (Å²) >= 11 is 0. The number of carbonyl (C=O) groups excluding carboxylic acids is 1. The van der Waals surface area contributed by atoms with Crippen LogP contribution in [0.15, 0.2) is 18.7 Å². The van der Waals surface area contributed by atoms with Gasteiger partial charge < -0.3 is 15.7 Å². The van der Waals surface area contributed by atoms with Crippen molar-refractivity contribution in [1.29, 1.82) is 0 Å². The maximum atomic E-state index is 11.4. The molecule has 1 rings (SSSR count). The lowest BCUT2D eigenvalue weighted by atomic mass is 10.2. The summed E-state index contributed by atoms with van der Waals surface area (Å²) in [6.07, 6.45) is 4.70. The van der Waals surface area contributed by atoms with Crippen LogP contribution in [-0.4, -0.2) is 33.1 Å². The van der Waals surface area contributed by atoms with Crippen molar-refractivity contribution in [3.8, 4) is 0 Å². The Labute approximate surface area is 98.3 Å². The second kappa shape index (κ2) is 6.41. The lowest BCUT2D eigenvalue weighted by Gasteiger charge is -2.13. The van der Waals surface area contributed by atoms with E-state index < -0.39 is 12.0 Å². The Bertz CT molecular complexity index is 382. The molecule has 3 N–H and O–H groups in total. The van der Waals surface area contributed by atoms with Gasteiger partial charge in [0.05, 0.1) is 18.1 Å². The average molecular weight is 238 g/mol. The van der Waals surface area contributed by atoms with Crippen molar-refractivity contribution in [2.45, 2.75) is 25.8 Å². The average Bonchev–Trinajstić information content (AvgIpc) is 2.27. The van der Waals surface area contributed by atoms with E-state index >= 15 is 0 Å². The van der Waals surface area contributed by atoms with Gasteiger partial charge in [-0.25, -0.2) is 14.8 Å². The molecule has 2 amide bonds. The lowest BCUT2D eigenvalue weighted by molar-refractivity contribution is -0.137. The van der Waals surface area contributed by atoms with Gasteiger partial charge in [-0.3, -0.25) is 4.79 Å². The van der Waals surface area contributed by atoms with Crippen LogP contribution >= 0.6 is 0 Å². The molecule has 0 aliphatic rings. The molecule has 0 saturated carbocycles. The molecule has 1 aromatic heterocycles.